The molecule has 0 saturated heterocycles. The van der Waals surface area contributed by atoms with Crippen LogP contribution in [-0.4, -0.2) is 15.0 Å². The van der Waals surface area contributed by atoms with Crippen LogP contribution in [0.3, 0.4) is 0 Å². The summed E-state index contributed by atoms with van der Waals surface area (Å²) in [5.74, 6) is 0. The standard InChI is InChI=1S/C13H20O3S.H3N/c1-2-3-4-5-9-12-16-17(14,15)13-10-7-6-8-11-13;/h6-8,10-11H,2-5,9,12H2,1H3;1H3. The zero-order valence-corrected chi connectivity index (χ0v) is 11.8. The van der Waals surface area contributed by atoms with Gasteiger partial charge in [-0.1, -0.05) is 50.8 Å². The summed E-state index contributed by atoms with van der Waals surface area (Å²) in [5.41, 5.74) is 0. The second kappa shape index (κ2) is 9.08. The molecule has 4 nitrogen and oxygen atoms in total. The molecule has 0 radical (unpaired) electrons. The normalized spacial score (nSPS) is 10.9. The molecule has 0 atom stereocenters. The summed E-state index contributed by atoms with van der Waals surface area (Å²) in [6.07, 6.45) is 5.35. The van der Waals surface area contributed by atoms with Crippen LogP contribution in [0.2, 0.25) is 0 Å². The summed E-state index contributed by atoms with van der Waals surface area (Å²) in [6.45, 7) is 2.43. The highest BCUT2D eigenvalue weighted by atomic mass is 32.2. The van der Waals surface area contributed by atoms with Gasteiger partial charge < -0.3 is 6.15 Å². The summed E-state index contributed by atoms with van der Waals surface area (Å²) in [5, 5.41) is 0. The quantitative estimate of drug-likeness (QED) is 0.580. The molecule has 0 aromatic heterocycles. The third-order valence-electron chi connectivity index (χ3n) is 2.52. The molecule has 104 valence electrons. The number of rotatable bonds is 8. The fourth-order valence-corrected chi connectivity index (χ4v) is 2.49. The average Bonchev–Trinajstić information content (AvgIpc) is 2.35. The van der Waals surface area contributed by atoms with E-state index in [9.17, 15) is 8.42 Å². The highest BCUT2D eigenvalue weighted by Crippen LogP contribution is 2.12. The summed E-state index contributed by atoms with van der Waals surface area (Å²) in [7, 11) is -3.55. The summed E-state index contributed by atoms with van der Waals surface area (Å²) in [4.78, 5) is 0.230. The van der Waals surface area contributed by atoms with Crippen LogP contribution in [0.5, 0.6) is 0 Å². The van der Waals surface area contributed by atoms with Gasteiger partial charge in [-0.3, -0.25) is 4.18 Å². The van der Waals surface area contributed by atoms with Crippen molar-refractivity contribution in [3.8, 4) is 0 Å². The van der Waals surface area contributed by atoms with Crippen molar-refractivity contribution in [1.29, 1.82) is 0 Å². The summed E-state index contributed by atoms with van der Waals surface area (Å²) in [6, 6.07) is 8.26. The van der Waals surface area contributed by atoms with Gasteiger partial charge in [-0.25, -0.2) is 0 Å². The maximum absolute atomic E-state index is 11.7. The van der Waals surface area contributed by atoms with Crippen LogP contribution >= 0.6 is 0 Å². The van der Waals surface area contributed by atoms with Crippen LogP contribution < -0.4 is 6.15 Å². The Morgan fingerprint density at radius 3 is 2.22 bits per heavy atom. The lowest BCUT2D eigenvalue weighted by molar-refractivity contribution is 0.306. The topological polar surface area (TPSA) is 78.4 Å². The van der Waals surface area contributed by atoms with E-state index in [4.69, 9.17) is 4.18 Å². The molecular weight excluding hydrogens is 250 g/mol. The SMILES string of the molecule is CCCCCCCOS(=O)(=O)c1ccccc1.N. The molecule has 0 bridgehead atoms. The fourth-order valence-electron chi connectivity index (χ4n) is 1.53. The smallest absolute Gasteiger partial charge is 0.296 e. The molecular formula is C13H23NO3S. The van der Waals surface area contributed by atoms with Crippen LogP contribution in [0.15, 0.2) is 35.2 Å². The molecule has 0 fully saturated rings. The Labute approximate surface area is 110 Å². The van der Waals surface area contributed by atoms with E-state index in [2.05, 4.69) is 6.92 Å². The van der Waals surface area contributed by atoms with Crippen LogP contribution in [0.1, 0.15) is 39.0 Å². The van der Waals surface area contributed by atoms with Crippen LogP contribution in [-0.2, 0) is 14.3 Å². The number of hydrogen-bond acceptors (Lipinski definition) is 4. The molecule has 0 amide bonds. The average molecular weight is 273 g/mol. The Hall–Kier alpha value is -0.910. The molecule has 0 unspecified atom stereocenters. The second-order valence-electron chi connectivity index (χ2n) is 4.00. The largest absolute Gasteiger partial charge is 0.344 e. The van der Waals surface area contributed by atoms with Crippen LogP contribution in [0.4, 0.5) is 0 Å². The fraction of sp³-hybridized carbons (Fsp3) is 0.538. The first kappa shape index (κ1) is 17.1. The minimum Gasteiger partial charge on any atom is -0.344 e. The molecule has 0 aliphatic rings. The van der Waals surface area contributed by atoms with Gasteiger partial charge in [0, 0.05) is 0 Å². The zero-order chi connectivity index (χ0) is 12.6. The van der Waals surface area contributed by atoms with E-state index >= 15 is 0 Å². The minimum absolute atomic E-state index is 0. The number of unbranched alkanes of at least 4 members (excludes halogenated alkanes) is 4. The highest BCUT2D eigenvalue weighted by Gasteiger charge is 2.13. The zero-order valence-electron chi connectivity index (χ0n) is 11.0. The lowest BCUT2D eigenvalue weighted by Gasteiger charge is -2.05. The van der Waals surface area contributed by atoms with Crippen molar-refractivity contribution in [1.82, 2.24) is 6.15 Å². The first-order valence-electron chi connectivity index (χ1n) is 6.11. The maximum Gasteiger partial charge on any atom is 0.296 e. The maximum atomic E-state index is 11.7. The molecule has 18 heavy (non-hydrogen) atoms. The summed E-state index contributed by atoms with van der Waals surface area (Å²) >= 11 is 0. The van der Waals surface area contributed by atoms with Gasteiger partial charge in [0.05, 0.1) is 11.5 Å². The van der Waals surface area contributed by atoms with E-state index in [1.54, 1.807) is 30.3 Å². The van der Waals surface area contributed by atoms with E-state index in [-0.39, 0.29) is 17.7 Å². The summed E-state index contributed by atoms with van der Waals surface area (Å²) < 4.78 is 28.4. The molecule has 1 rings (SSSR count). The predicted molar refractivity (Wildman–Crippen MR) is 73.4 cm³/mol. The van der Waals surface area contributed by atoms with Gasteiger partial charge in [-0.05, 0) is 18.6 Å². The molecule has 0 saturated carbocycles. The first-order chi connectivity index (χ1) is 8.17. The van der Waals surface area contributed by atoms with E-state index in [0.29, 0.717) is 0 Å². The van der Waals surface area contributed by atoms with Gasteiger partial charge >= 0.3 is 0 Å². The molecule has 0 aliphatic carbocycles. The van der Waals surface area contributed by atoms with Gasteiger partial charge in [-0.15, -0.1) is 0 Å². The van der Waals surface area contributed by atoms with Gasteiger partial charge in [0.25, 0.3) is 10.1 Å². The molecule has 5 heteroatoms. The van der Waals surface area contributed by atoms with Gasteiger partial charge in [0.2, 0.25) is 0 Å². The third-order valence-corrected chi connectivity index (χ3v) is 3.84. The van der Waals surface area contributed by atoms with Gasteiger partial charge in [0.1, 0.15) is 0 Å². The van der Waals surface area contributed by atoms with Crippen molar-refractivity contribution in [2.45, 2.75) is 43.9 Å². The van der Waals surface area contributed by atoms with Crippen molar-refractivity contribution < 1.29 is 12.6 Å². The molecule has 1 aromatic carbocycles. The minimum atomic E-state index is -3.55. The van der Waals surface area contributed by atoms with E-state index < -0.39 is 10.1 Å². The van der Waals surface area contributed by atoms with Gasteiger partial charge in [-0.2, -0.15) is 8.42 Å². The van der Waals surface area contributed by atoms with Crippen molar-refractivity contribution >= 4 is 10.1 Å². The number of hydrogen-bond donors (Lipinski definition) is 1. The van der Waals surface area contributed by atoms with Gasteiger partial charge in [0.15, 0.2) is 0 Å². The van der Waals surface area contributed by atoms with Crippen molar-refractivity contribution in [3.05, 3.63) is 30.3 Å². The number of benzene rings is 1. The van der Waals surface area contributed by atoms with Crippen molar-refractivity contribution in [3.63, 3.8) is 0 Å². The second-order valence-corrected chi connectivity index (χ2v) is 5.62. The molecule has 0 spiro atoms. The lowest BCUT2D eigenvalue weighted by atomic mass is 10.2. The molecule has 0 aliphatic heterocycles. The Kier molecular flexibility index (Phi) is 8.62. The van der Waals surface area contributed by atoms with Crippen molar-refractivity contribution in [2.75, 3.05) is 6.61 Å². The molecule has 3 N–H and O–H groups in total. The highest BCUT2D eigenvalue weighted by molar-refractivity contribution is 7.86. The Bertz CT molecular complexity index is 404. The lowest BCUT2D eigenvalue weighted by Crippen LogP contribution is -2.07. The van der Waals surface area contributed by atoms with Crippen LogP contribution in [0.25, 0.3) is 0 Å². The first-order valence-corrected chi connectivity index (χ1v) is 7.52. The van der Waals surface area contributed by atoms with Crippen LogP contribution in [0, 0.1) is 0 Å². The predicted octanol–water partition coefficient (Wildman–Crippen LogP) is 3.52. The monoisotopic (exact) mass is 273 g/mol. The van der Waals surface area contributed by atoms with E-state index in [1.165, 1.54) is 12.8 Å². The van der Waals surface area contributed by atoms with E-state index in [1.807, 2.05) is 0 Å². The van der Waals surface area contributed by atoms with E-state index in [0.717, 1.165) is 19.3 Å². The third kappa shape index (κ3) is 6.14. The molecule has 1 aromatic rings. The molecule has 0 heterocycles. The Morgan fingerprint density at radius 2 is 1.61 bits per heavy atom. The Balaban J connectivity index is 0.00000289. The Morgan fingerprint density at radius 1 is 1.00 bits per heavy atom. The van der Waals surface area contributed by atoms with Crippen molar-refractivity contribution in [2.24, 2.45) is 0 Å².